The van der Waals surface area contributed by atoms with Crippen LogP contribution in [0.2, 0.25) is 0 Å². The van der Waals surface area contributed by atoms with Crippen LogP contribution in [0.25, 0.3) is 11.0 Å². The van der Waals surface area contributed by atoms with Gasteiger partial charge >= 0.3 is 0 Å². The number of rotatable bonds is 3. The van der Waals surface area contributed by atoms with Crippen molar-refractivity contribution in [1.29, 1.82) is 0 Å². The number of anilines is 1. The highest BCUT2D eigenvalue weighted by atomic mass is 79.9. The van der Waals surface area contributed by atoms with Gasteiger partial charge in [-0.25, -0.2) is 4.98 Å². The van der Waals surface area contributed by atoms with E-state index in [1.54, 1.807) is 30.5 Å². The predicted molar refractivity (Wildman–Crippen MR) is 93.8 cm³/mol. The molecule has 0 saturated carbocycles. The lowest BCUT2D eigenvalue weighted by Crippen LogP contribution is -2.29. The SMILES string of the molecule is CCn1c(=O)c(C(=O)Nc2ccc(Br)cc2)cc2cccnc21. The van der Waals surface area contributed by atoms with Crippen LogP contribution in [-0.4, -0.2) is 15.5 Å². The van der Waals surface area contributed by atoms with Gasteiger partial charge in [0.25, 0.3) is 11.5 Å². The molecule has 6 heteroatoms. The Labute approximate surface area is 141 Å². The van der Waals surface area contributed by atoms with E-state index in [0.29, 0.717) is 17.9 Å². The van der Waals surface area contributed by atoms with Crippen LogP contribution in [0.4, 0.5) is 5.69 Å². The van der Waals surface area contributed by atoms with E-state index in [-0.39, 0.29) is 11.1 Å². The molecule has 0 aliphatic carbocycles. The molecule has 0 atom stereocenters. The Morgan fingerprint density at radius 1 is 1.26 bits per heavy atom. The Hall–Kier alpha value is -2.47. The van der Waals surface area contributed by atoms with E-state index in [4.69, 9.17) is 0 Å². The van der Waals surface area contributed by atoms with Gasteiger partial charge in [0, 0.05) is 28.3 Å². The number of nitrogens with one attached hydrogen (secondary N) is 1. The average Bonchev–Trinajstić information content (AvgIpc) is 2.56. The predicted octanol–water partition coefficient (Wildman–Crippen LogP) is 3.43. The van der Waals surface area contributed by atoms with Gasteiger partial charge in [0.2, 0.25) is 0 Å². The van der Waals surface area contributed by atoms with Gasteiger partial charge in [-0.15, -0.1) is 0 Å². The van der Waals surface area contributed by atoms with Crippen LogP contribution in [0.5, 0.6) is 0 Å². The zero-order valence-electron chi connectivity index (χ0n) is 12.4. The summed E-state index contributed by atoms with van der Waals surface area (Å²) in [6.07, 6.45) is 1.63. The molecule has 0 saturated heterocycles. The lowest BCUT2D eigenvalue weighted by atomic mass is 10.2. The number of aromatic nitrogens is 2. The van der Waals surface area contributed by atoms with Crippen LogP contribution < -0.4 is 10.9 Å². The van der Waals surface area contributed by atoms with Gasteiger partial charge in [-0.05, 0) is 49.4 Å². The Morgan fingerprint density at radius 2 is 2.00 bits per heavy atom. The average molecular weight is 372 g/mol. The van der Waals surface area contributed by atoms with Crippen molar-refractivity contribution in [3.8, 4) is 0 Å². The molecule has 2 heterocycles. The van der Waals surface area contributed by atoms with Crippen molar-refractivity contribution in [3.63, 3.8) is 0 Å². The molecule has 5 nitrogen and oxygen atoms in total. The lowest BCUT2D eigenvalue weighted by molar-refractivity contribution is 0.102. The normalized spacial score (nSPS) is 10.7. The fourth-order valence-corrected chi connectivity index (χ4v) is 2.66. The highest BCUT2D eigenvalue weighted by Crippen LogP contribution is 2.16. The van der Waals surface area contributed by atoms with E-state index < -0.39 is 5.91 Å². The first-order valence-corrected chi connectivity index (χ1v) is 7.95. The molecular formula is C17H14BrN3O2. The Kier molecular flexibility index (Phi) is 4.25. The molecule has 1 N–H and O–H groups in total. The number of hydrogen-bond acceptors (Lipinski definition) is 3. The van der Waals surface area contributed by atoms with Crippen molar-refractivity contribution >= 4 is 38.6 Å². The molecule has 0 unspecified atom stereocenters. The third kappa shape index (κ3) is 3.03. The van der Waals surface area contributed by atoms with Crippen LogP contribution in [0.15, 0.2) is 57.9 Å². The fraction of sp³-hybridized carbons (Fsp3) is 0.118. The van der Waals surface area contributed by atoms with Crippen molar-refractivity contribution < 1.29 is 4.79 Å². The second-order valence-corrected chi connectivity index (χ2v) is 5.90. The number of halogens is 1. The van der Waals surface area contributed by atoms with E-state index in [9.17, 15) is 9.59 Å². The lowest BCUT2D eigenvalue weighted by Gasteiger charge is -2.10. The summed E-state index contributed by atoms with van der Waals surface area (Å²) in [6, 6.07) is 12.4. The fourth-order valence-electron chi connectivity index (χ4n) is 2.39. The summed E-state index contributed by atoms with van der Waals surface area (Å²) in [5.41, 5.74) is 0.982. The van der Waals surface area contributed by atoms with Crippen molar-refractivity contribution in [2.45, 2.75) is 13.5 Å². The third-order valence-corrected chi connectivity index (χ3v) is 4.04. The van der Waals surface area contributed by atoms with Gasteiger partial charge in [0.05, 0.1) is 0 Å². The molecule has 3 rings (SSSR count). The van der Waals surface area contributed by atoms with Crippen LogP contribution in [0.3, 0.4) is 0 Å². The number of carbonyl (C=O) groups excluding carboxylic acids is 1. The topological polar surface area (TPSA) is 64.0 Å². The van der Waals surface area contributed by atoms with Crippen molar-refractivity contribution in [3.05, 3.63) is 69.1 Å². The highest BCUT2D eigenvalue weighted by Gasteiger charge is 2.15. The molecule has 0 radical (unpaired) electrons. The quantitative estimate of drug-likeness (QED) is 0.766. The molecule has 1 amide bonds. The molecule has 0 fully saturated rings. The summed E-state index contributed by atoms with van der Waals surface area (Å²) in [7, 11) is 0. The van der Waals surface area contributed by atoms with E-state index in [1.165, 1.54) is 4.57 Å². The maximum atomic E-state index is 12.6. The summed E-state index contributed by atoms with van der Waals surface area (Å²) in [5.74, 6) is -0.426. The zero-order chi connectivity index (χ0) is 16.4. The van der Waals surface area contributed by atoms with Crippen molar-refractivity contribution in [2.75, 3.05) is 5.32 Å². The second-order valence-electron chi connectivity index (χ2n) is 4.98. The minimum absolute atomic E-state index is 0.107. The van der Waals surface area contributed by atoms with Gasteiger partial charge in [-0.1, -0.05) is 15.9 Å². The molecule has 3 aromatic rings. The minimum Gasteiger partial charge on any atom is -0.322 e. The summed E-state index contributed by atoms with van der Waals surface area (Å²) < 4.78 is 2.42. The summed E-state index contributed by atoms with van der Waals surface area (Å²) in [6.45, 7) is 2.30. The van der Waals surface area contributed by atoms with Crippen molar-refractivity contribution in [1.82, 2.24) is 9.55 Å². The largest absolute Gasteiger partial charge is 0.322 e. The zero-order valence-corrected chi connectivity index (χ0v) is 14.0. The minimum atomic E-state index is -0.426. The van der Waals surface area contributed by atoms with Gasteiger partial charge in [-0.3, -0.25) is 14.2 Å². The number of benzene rings is 1. The number of aryl methyl sites for hydroxylation is 1. The number of carbonyl (C=O) groups is 1. The van der Waals surface area contributed by atoms with Crippen LogP contribution >= 0.6 is 15.9 Å². The molecule has 0 bridgehead atoms. The summed E-state index contributed by atoms with van der Waals surface area (Å²) in [4.78, 5) is 29.3. The smallest absolute Gasteiger partial charge is 0.265 e. The summed E-state index contributed by atoms with van der Waals surface area (Å²) in [5, 5.41) is 3.51. The number of amides is 1. The van der Waals surface area contributed by atoms with Gasteiger partial charge in [-0.2, -0.15) is 0 Å². The molecule has 0 aliphatic rings. The maximum absolute atomic E-state index is 12.6. The van der Waals surface area contributed by atoms with E-state index in [2.05, 4.69) is 26.2 Å². The first-order chi connectivity index (χ1) is 11.1. The van der Waals surface area contributed by atoms with Gasteiger partial charge in [0.1, 0.15) is 11.2 Å². The number of nitrogens with zero attached hydrogens (tertiary/aromatic N) is 2. The van der Waals surface area contributed by atoms with Crippen LogP contribution in [-0.2, 0) is 6.54 Å². The molecule has 2 aromatic heterocycles. The van der Waals surface area contributed by atoms with Gasteiger partial charge in [0.15, 0.2) is 0 Å². The molecule has 0 aliphatic heterocycles. The Balaban J connectivity index is 2.05. The van der Waals surface area contributed by atoms with Crippen molar-refractivity contribution in [2.24, 2.45) is 0 Å². The molecular weight excluding hydrogens is 358 g/mol. The van der Waals surface area contributed by atoms with Crippen LogP contribution in [0.1, 0.15) is 17.3 Å². The standard InChI is InChI=1S/C17H14BrN3O2/c1-2-21-15-11(4-3-9-19-15)10-14(17(21)23)16(22)20-13-7-5-12(18)6-8-13/h3-10H,2H2,1H3,(H,20,22). The van der Waals surface area contributed by atoms with Crippen LogP contribution in [0, 0.1) is 0 Å². The first-order valence-electron chi connectivity index (χ1n) is 7.15. The Morgan fingerprint density at radius 3 is 2.70 bits per heavy atom. The maximum Gasteiger partial charge on any atom is 0.265 e. The van der Waals surface area contributed by atoms with E-state index >= 15 is 0 Å². The molecule has 1 aromatic carbocycles. The first kappa shape index (κ1) is 15.4. The number of hydrogen-bond donors (Lipinski definition) is 1. The molecule has 0 spiro atoms. The third-order valence-electron chi connectivity index (χ3n) is 3.51. The monoisotopic (exact) mass is 371 g/mol. The summed E-state index contributed by atoms with van der Waals surface area (Å²) >= 11 is 3.34. The molecule has 116 valence electrons. The second kappa shape index (κ2) is 6.34. The number of fused-ring (bicyclic) bond motifs is 1. The van der Waals surface area contributed by atoms with Gasteiger partial charge < -0.3 is 5.32 Å². The number of pyridine rings is 2. The molecule has 23 heavy (non-hydrogen) atoms. The van der Waals surface area contributed by atoms with E-state index in [0.717, 1.165) is 9.86 Å². The van der Waals surface area contributed by atoms with E-state index in [1.807, 2.05) is 25.1 Å². The highest BCUT2D eigenvalue weighted by molar-refractivity contribution is 9.10. The Bertz CT molecular complexity index is 933.